The minimum atomic E-state index is -0.561. The molecule has 1 aliphatic heterocycles. The lowest BCUT2D eigenvalue weighted by molar-refractivity contribution is 0.0524. The van der Waals surface area contributed by atoms with Crippen LogP contribution in [0.4, 0.5) is 0 Å². The summed E-state index contributed by atoms with van der Waals surface area (Å²) in [7, 11) is 0. The van der Waals surface area contributed by atoms with E-state index in [1.807, 2.05) is 0 Å². The molecule has 2 aliphatic rings. The van der Waals surface area contributed by atoms with Gasteiger partial charge in [0.15, 0.2) is 0 Å². The third-order valence-corrected chi connectivity index (χ3v) is 6.21. The second kappa shape index (κ2) is 6.46. The van der Waals surface area contributed by atoms with Crippen molar-refractivity contribution < 1.29 is 9.53 Å². The van der Waals surface area contributed by atoms with Crippen LogP contribution in [0.15, 0.2) is 27.9 Å². The predicted octanol–water partition coefficient (Wildman–Crippen LogP) is 3.14. The van der Waals surface area contributed by atoms with Gasteiger partial charge in [-0.05, 0) is 61.3 Å². The molecule has 0 radical (unpaired) electrons. The summed E-state index contributed by atoms with van der Waals surface area (Å²) in [6, 6.07) is 1.95. The number of hydrogen-bond acceptors (Lipinski definition) is 5. The number of esters is 1. The normalized spacial score (nSPS) is 25.1. The molecule has 0 aromatic carbocycles. The van der Waals surface area contributed by atoms with Gasteiger partial charge in [0.05, 0.1) is 29.7 Å². The van der Waals surface area contributed by atoms with Gasteiger partial charge < -0.3 is 9.30 Å². The number of carbonyl (C=O) groups is 1. The first-order valence-electron chi connectivity index (χ1n) is 9.14. The zero-order valence-corrected chi connectivity index (χ0v) is 16.6. The summed E-state index contributed by atoms with van der Waals surface area (Å²) >= 11 is 3.33. The molecule has 1 saturated carbocycles. The molecule has 1 spiro atoms. The first-order chi connectivity index (χ1) is 12.5. The molecule has 1 saturated heterocycles. The highest BCUT2D eigenvalue weighted by Gasteiger charge is 2.60. The molecule has 0 amide bonds. The van der Waals surface area contributed by atoms with Crippen LogP contribution in [-0.4, -0.2) is 45.7 Å². The van der Waals surface area contributed by atoms with E-state index in [1.165, 1.54) is 6.42 Å². The van der Waals surface area contributed by atoms with Gasteiger partial charge in [-0.2, -0.15) is 0 Å². The largest absolute Gasteiger partial charge is 0.462 e. The molecule has 138 valence electrons. The lowest BCUT2D eigenvalue weighted by atomic mass is 10.1. The first kappa shape index (κ1) is 17.7. The summed E-state index contributed by atoms with van der Waals surface area (Å²) in [4.78, 5) is 32.0. The van der Waals surface area contributed by atoms with E-state index in [2.05, 4.69) is 37.3 Å². The maximum atomic E-state index is 12.9. The number of nitrogens with zero attached hydrogens (tertiary/aromatic N) is 3. The zero-order valence-electron chi connectivity index (χ0n) is 15.0. The lowest BCUT2D eigenvalue weighted by Gasteiger charge is -2.25. The van der Waals surface area contributed by atoms with Crippen LogP contribution in [0, 0.1) is 0 Å². The Kier molecular flexibility index (Phi) is 4.39. The average Bonchev–Trinajstić information content (AvgIpc) is 3.18. The van der Waals surface area contributed by atoms with E-state index in [0.717, 1.165) is 31.4 Å². The van der Waals surface area contributed by atoms with Crippen molar-refractivity contribution in [3.63, 3.8) is 0 Å². The molecular formula is C19H22BrN3O3. The molecule has 6 nitrogen and oxygen atoms in total. The minimum absolute atomic E-state index is 0.0977. The van der Waals surface area contributed by atoms with Crippen molar-refractivity contribution in [1.82, 2.24) is 14.5 Å². The Morgan fingerprint density at radius 2 is 2.27 bits per heavy atom. The topological polar surface area (TPSA) is 64.4 Å². The third kappa shape index (κ3) is 2.60. The maximum absolute atomic E-state index is 12.9. The summed E-state index contributed by atoms with van der Waals surface area (Å²) in [6.07, 6.45) is 6.78. The van der Waals surface area contributed by atoms with Gasteiger partial charge in [0.25, 0.3) is 0 Å². The molecule has 0 bridgehead atoms. The number of hydrogen-bond donors (Lipinski definition) is 0. The van der Waals surface area contributed by atoms with Crippen LogP contribution >= 0.6 is 15.9 Å². The smallest absolute Gasteiger partial charge is 0.343 e. The SMILES string of the molecule is CCOC(=O)c1cn([C@@H]2CC23CCCN3CC)c2cnc(Br)cc2c1=O. The Bertz CT molecular complexity index is 942. The van der Waals surface area contributed by atoms with Crippen molar-refractivity contribution in [1.29, 1.82) is 0 Å². The zero-order chi connectivity index (χ0) is 18.5. The Hall–Kier alpha value is -1.73. The van der Waals surface area contributed by atoms with Gasteiger partial charge in [-0.3, -0.25) is 9.69 Å². The van der Waals surface area contributed by atoms with Gasteiger partial charge in [-0.15, -0.1) is 0 Å². The molecule has 2 aromatic rings. The molecule has 2 aromatic heterocycles. The molecule has 7 heteroatoms. The number of likely N-dealkylation sites (tertiary alicyclic amines) is 1. The van der Waals surface area contributed by atoms with Crippen molar-refractivity contribution >= 4 is 32.8 Å². The van der Waals surface area contributed by atoms with Crippen LogP contribution in [0.3, 0.4) is 0 Å². The highest BCUT2D eigenvalue weighted by atomic mass is 79.9. The monoisotopic (exact) mass is 419 g/mol. The molecule has 26 heavy (non-hydrogen) atoms. The summed E-state index contributed by atoms with van der Waals surface area (Å²) in [6.45, 7) is 6.30. The average molecular weight is 420 g/mol. The Labute approximate surface area is 160 Å². The van der Waals surface area contributed by atoms with E-state index in [9.17, 15) is 9.59 Å². The van der Waals surface area contributed by atoms with Gasteiger partial charge in [-0.1, -0.05) is 6.92 Å². The number of aromatic nitrogens is 2. The van der Waals surface area contributed by atoms with Crippen LogP contribution in [0.2, 0.25) is 0 Å². The van der Waals surface area contributed by atoms with E-state index in [0.29, 0.717) is 9.99 Å². The fraction of sp³-hybridized carbons (Fsp3) is 0.526. The number of likely N-dealkylation sites (N-methyl/N-ethyl adjacent to an activating group) is 1. The summed E-state index contributed by atoms with van der Waals surface area (Å²) in [5.74, 6) is -0.561. The van der Waals surface area contributed by atoms with Crippen LogP contribution in [0.1, 0.15) is 49.5 Å². The fourth-order valence-electron chi connectivity index (χ4n) is 4.51. The Balaban J connectivity index is 1.88. The molecule has 2 atom stereocenters. The minimum Gasteiger partial charge on any atom is -0.462 e. The van der Waals surface area contributed by atoms with Gasteiger partial charge >= 0.3 is 5.97 Å². The number of ether oxygens (including phenoxy) is 1. The van der Waals surface area contributed by atoms with Crippen LogP contribution < -0.4 is 5.43 Å². The van der Waals surface area contributed by atoms with Crippen molar-refractivity contribution in [2.24, 2.45) is 0 Å². The van der Waals surface area contributed by atoms with E-state index in [-0.39, 0.29) is 29.2 Å². The summed E-state index contributed by atoms with van der Waals surface area (Å²) in [5, 5.41) is 0.500. The van der Waals surface area contributed by atoms with Gasteiger partial charge in [0, 0.05) is 11.7 Å². The number of rotatable bonds is 4. The highest BCUT2D eigenvalue weighted by molar-refractivity contribution is 9.10. The second-order valence-corrected chi connectivity index (χ2v) is 7.84. The van der Waals surface area contributed by atoms with Crippen molar-refractivity contribution in [2.45, 2.75) is 44.7 Å². The van der Waals surface area contributed by atoms with Crippen molar-refractivity contribution in [3.05, 3.63) is 38.9 Å². The van der Waals surface area contributed by atoms with Gasteiger partial charge in [0.2, 0.25) is 5.43 Å². The molecule has 3 heterocycles. The Morgan fingerprint density at radius 1 is 1.46 bits per heavy atom. The van der Waals surface area contributed by atoms with Crippen molar-refractivity contribution in [2.75, 3.05) is 19.7 Å². The first-order valence-corrected chi connectivity index (χ1v) is 9.93. The molecule has 1 aliphatic carbocycles. The van der Waals surface area contributed by atoms with Crippen LogP contribution in [-0.2, 0) is 4.74 Å². The second-order valence-electron chi connectivity index (χ2n) is 7.03. The molecular weight excluding hydrogens is 398 g/mol. The van der Waals surface area contributed by atoms with E-state index < -0.39 is 5.97 Å². The highest BCUT2D eigenvalue weighted by Crippen LogP contribution is 2.58. The van der Waals surface area contributed by atoms with E-state index in [4.69, 9.17) is 4.74 Å². The maximum Gasteiger partial charge on any atom is 0.343 e. The molecule has 1 unspecified atom stereocenters. The van der Waals surface area contributed by atoms with E-state index >= 15 is 0 Å². The van der Waals surface area contributed by atoms with E-state index in [1.54, 1.807) is 25.4 Å². The lowest BCUT2D eigenvalue weighted by Crippen LogP contribution is -2.33. The Morgan fingerprint density at radius 3 is 3.00 bits per heavy atom. The number of carbonyl (C=O) groups excluding carboxylic acids is 1. The van der Waals surface area contributed by atoms with Crippen LogP contribution in [0.25, 0.3) is 10.9 Å². The quantitative estimate of drug-likeness (QED) is 0.562. The van der Waals surface area contributed by atoms with Crippen LogP contribution in [0.5, 0.6) is 0 Å². The third-order valence-electron chi connectivity index (χ3n) is 5.77. The summed E-state index contributed by atoms with van der Waals surface area (Å²) in [5.41, 5.74) is 0.721. The van der Waals surface area contributed by atoms with Gasteiger partial charge in [0.1, 0.15) is 10.2 Å². The number of pyridine rings is 2. The molecule has 2 fully saturated rings. The summed E-state index contributed by atoms with van der Waals surface area (Å²) < 4.78 is 7.77. The predicted molar refractivity (Wildman–Crippen MR) is 103 cm³/mol. The van der Waals surface area contributed by atoms with Gasteiger partial charge in [-0.25, -0.2) is 9.78 Å². The number of fused-ring (bicyclic) bond motifs is 1. The van der Waals surface area contributed by atoms with Crippen molar-refractivity contribution in [3.8, 4) is 0 Å². The number of halogens is 1. The molecule has 0 N–H and O–H groups in total. The standard InChI is InChI=1S/C19H22BrN3O3/c1-3-22-7-5-6-19(22)9-15(19)23-11-13(18(25)26-4-2)17(24)12-8-16(20)21-10-14(12)23/h8,10-11,15H,3-7,9H2,1-2H3/t15-,19?/m1/s1. The molecule has 4 rings (SSSR count). The fourth-order valence-corrected chi connectivity index (χ4v) is 4.84.